The normalized spacial score (nSPS) is 20.7. The highest BCUT2D eigenvalue weighted by Gasteiger charge is 2.44. The Morgan fingerprint density at radius 2 is 2.09 bits per heavy atom. The van der Waals surface area contributed by atoms with E-state index in [1.165, 1.54) is 11.0 Å². The molecule has 0 bridgehead atoms. The third kappa shape index (κ3) is 2.25. The van der Waals surface area contributed by atoms with Gasteiger partial charge in [-0.3, -0.25) is 4.79 Å². The maximum absolute atomic E-state index is 12.4. The van der Waals surface area contributed by atoms with Crippen LogP contribution in [0.25, 0.3) is 5.82 Å². The van der Waals surface area contributed by atoms with Crippen LogP contribution in [0.1, 0.15) is 19.3 Å². The van der Waals surface area contributed by atoms with E-state index in [2.05, 4.69) is 25.8 Å². The van der Waals surface area contributed by atoms with Gasteiger partial charge in [0.05, 0.1) is 11.9 Å². The molecule has 2 aromatic heterocycles. The van der Waals surface area contributed by atoms with Crippen LogP contribution in [-0.4, -0.2) is 50.7 Å². The lowest BCUT2D eigenvalue weighted by molar-refractivity contribution is -0.117. The summed E-state index contributed by atoms with van der Waals surface area (Å²) in [5.74, 6) is 0.829. The maximum Gasteiger partial charge on any atom is 0.227 e. The zero-order chi connectivity index (χ0) is 15.0. The molecule has 2 saturated heterocycles. The molecule has 1 amide bonds. The molecule has 0 aliphatic carbocycles. The molecule has 0 saturated carbocycles. The number of carbonyl (C=O) groups excluding carboxylic acids is 1. The largest absolute Gasteiger partial charge is 0.317 e. The standard InChI is InChI=1S/C14H17N7O/c22-13-7-14(3-5-15-6-4-14)9-20(13)11-1-2-12(16-8-11)21-10-17-18-19-21/h1-2,8,10,15H,3-7,9H2. The second kappa shape index (κ2) is 5.13. The Hall–Kier alpha value is -2.35. The summed E-state index contributed by atoms with van der Waals surface area (Å²) in [5, 5.41) is 14.3. The molecule has 22 heavy (non-hydrogen) atoms. The first-order valence-electron chi connectivity index (χ1n) is 7.46. The van der Waals surface area contributed by atoms with E-state index in [0.717, 1.165) is 38.2 Å². The van der Waals surface area contributed by atoms with Gasteiger partial charge in [-0.15, -0.1) is 5.10 Å². The summed E-state index contributed by atoms with van der Waals surface area (Å²) >= 11 is 0. The Balaban J connectivity index is 1.55. The predicted octanol–water partition coefficient (Wildman–Crippen LogP) is 0.164. The highest BCUT2D eigenvalue weighted by atomic mass is 16.2. The summed E-state index contributed by atoms with van der Waals surface area (Å²) in [6.07, 6.45) is 5.97. The van der Waals surface area contributed by atoms with Crippen molar-refractivity contribution in [3.63, 3.8) is 0 Å². The number of anilines is 1. The van der Waals surface area contributed by atoms with E-state index >= 15 is 0 Å². The number of pyridine rings is 1. The molecule has 1 N–H and O–H groups in total. The maximum atomic E-state index is 12.4. The SMILES string of the molecule is O=C1CC2(CCNCC2)CN1c1ccc(-n2cnnn2)nc1. The molecule has 4 heterocycles. The van der Waals surface area contributed by atoms with Crippen LogP contribution in [0.4, 0.5) is 5.69 Å². The summed E-state index contributed by atoms with van der Waals surface area (Å²) in [6.45, 7) is 2.79. The highest BCUT2D eigenvalue weighted by Crippen LogP contribution is 2.40. The first-order chi connectivity index (χ1) is 10.8. The van der Waals surface area contributed by atoms with Crippen molar-refractivity contribution in [3.8, 4) is 5.82 Å². The van der Waals surface area contributed by atoms with Crippen LogP contribution >= 0.6 is 0 Å². The van der Waals surface area contributed by atoms with Crippen LogP contribution in [0.2, 0.25) is 0 Å². The van der Waals surface area contributed by atoms with Gasteiger partial charge in [-0.1, -0.05) is 0 Å². The summed E-state index contributed by atoms with van der Waals surface area (Å²) in [7, 11) is 0. The van der Waals surface area contributed by atoms with Crippen molar-refractivity contribution in [2.75, 3.05) is 24.5 Å². The minimum Gasteiger partial charge on any atom is -0.317 e. The second-order valence-electron chi connectivity index (χ2n) is 6.04. The number of nitrogens with one attached hydrogen (secondary N) is 1. The van der Waals surface area contributed by atoms with E-state index < -0.39 is 0 Å². The van der Waals surface area contributed by atoms with Gasteiger partial charge in [-0.25, -0.2) is 4.98 Å². The molecular formula is C14H17N7O. The average Bonchev–Trinajstić information content (AvgIpc) is 3.17. The van der Waals surface area contributed by atoms with E-state index in [1.807, 2.05) is 17.0 Å². The number of aromatic nitrogens is 5. The molecular weight excluding hydrogens is 282 g/mol. The van der Waals surface area contributed by atoms with E-state index in [0.29, 0.717) is 12.2 Å². The van der Waals surface area contributed by atoms with Crippen LogP contribution in [0.15, 0.2) is 24.7 Å². The summed E-state index contributed by atoms with van der Waals surface area (Å²) in [5.41, 5.74) is 0.980. The van der Waals surface area contributed by atoms with E-state index in [9.17, 15) is 4.79 Å². The molecule has 0 aromatic carbocycles. The molecule has 2 aromatic rings. The Morgan fingerprint density at radius 1 is 1.23 bits per heavy atom. The Morgan fingerprint density at radius 3 is 2.77 bits per heavy atom. The molecule has 0 unspecified atom stereocenters. The first kappa shape index (κ1) is 13.3. The fourth-order valence-electron chi connectivity index (χ4n) is 3.36. The number of hydrogen-bond donors (Lipinski definition) is 1. The van der Waals surface area contributed by atoms with Gasteiger partial charge >= 0.3 is 0 Å². The molecule has 8 heteroatoms. The topological polar surface area (TPSA) is 88.8 Å². The molecule has 0 atom stereocenters. The van der Waals surface area contributed by atoms with Crippen LogP contribution in [0, 0.1) is 5.41 Å². The zero-order valence-electron chi connectivity index (χ0n) is 12.1. The average molecular weight is 299 g/mol. The third-order valence-electron chi connectivity index (χ3n) is 4.61. The van der Waals surface area contributed by atoms with Crippen LogP contribution in [0.5, 0.6) is 0 Å². The van der Waals surface area contributed by atoms with E-state index in [-0.39, 0.29) is 11.3 Å². The minimum atomic E-state index is 0.136. The lowest BCUT2D eigenvalue weighted by Gasteiger charge is -2.33. The number of tetrazole rings is 1. The van der Waals surface area contributed by atoms with Crippen LogP contribution < -0.4 is 10.2 Å². The van der Waals surface area contributed by atoms with Gasteiger partial charge in [0.15, 0.2) is 5.82 Å². The van der Waals surface area contributed by atoms with Gasteiger partial charge in [-0.05, 0) is 53.9 Å². The highest BCUT2D eigenvalue weighted by molar-refractivity contribution is 5.96. The fraction of sp³-hybridized carbons (Fsp3) is 0.500. The van der Waals surface area contributed by atoms with Gasteiger partial charge in [0.2, 0.25) is 5.91 Å². The van der Waals surface area contributed by atoms with E-state index in [1.54, 1.807) is 6.20 Å². The van der Waals surface area contributed by atoms with Crippen molar-refractivity contribution in [1.82, 2.24) is 30.5 Å². The van der Waals surface area contributed by atoms with E-state index in [4.69, 9.17) is 0 Å². The number of piperidine rings is 1. The molecule has 1 spiro atoms. The smallest absolute Gasteiger partial charge is 0.227 e. The minimum absolute atomic E-state index is 0.136. The second-order valence-corrected chi connectivity index (χ2v) is 6.04. The van der Waals surface area contributed by atoms with Crippen LogP contribution in [0.3, 0.4) is 0 Å². The van der Waals surface area contributed by atoms with Crippen molar-refractivity contribution in [2.45, 2.75) is 19.3 Å². The number of nitrogens with zero attached hydrogens (tertiary/aromatic N) is 6. The number of hydrogen-bond acceptors (Lipinski definition) is 6. The lowest BCUT2D eigenvalue weighted by atomic mass is 9.78. The summed E-state index contributed by atoms with van der Waals surface area (Å²) in [6, 6.07) is 3.73. The quantitative estimate of drug-likeness (QED) is 0.850. The molecule has 114 valence electrons. The van der Waals surface area contributed by atoms with Crippen molar-refractivity contribution in [2.24, 2.45) is 5.41 Å². The van der Waals surface area contributed by atoms with Gasteiger partial charge in [0, 0.05) is 13.0 Å². The molecule has 2 aliphatic heterocycles. The van der Waals surface area contributed by atoms with Crippen LogP contribution in [-0.2, 0) is 4.79 Å². The summed E-state index contributed by atoms with van der Waals surface area (Å²) in [4.78, 5) is 18.6. The zero-order valence-corrected chi connectivity index (χ0v) is 12.1. The molecule has 4 rings (SSSR count). The van der Waals surface area contributed by atoms with Crippen molar-refractivity contribution >= 4 is 11.6 Å². The predicted molar refractivity (Wildman–Crippen MR) is 78.5 cm³/mol. The first-order valence-corrected chi connectivity index (χ1v) is 7.46. The Labute approximate surface area is 127 Å². The third-order valence-corrected chi connectivity index (χ3v) is 4.61. The molecule has 8 nitrogen and oxygen atoms in total. The van der Waals surface area contributed by atoms with Crippen molar-refractivity contribution in [3.05, 3.63) is 24.7 Å². The summed E-state index contributed by atoms with van der Waals surface area (Å²) < 4.78 is 1.49. The number of amides is 1. The van der Waals surface area contributed by atoms with Crippen molar-refractivity contribution < 1.29 is 4.79 Å². The molecule has 0 radical (unpaired) electrons. The van der Waals surface area contributed by atoms with Gasteiger partial charge in [0.1, 0.15) is 6.33 Å². The van der Waals surface area contributed by atoms with Crippen molar-refractivity contribution in [1.29, 1.82) is 0 Å². The molecule has 2 aliphatic rings. The number of rotatable bonds is 2. The van der Waals surface area contributed by atoms with Gasteiger partial charge in [-0.2, -0.15) is 4.68 Å². The Bertz CT molecular complexity index is 661. The fourth-order valence-corrected chi connectivity index (χ4v) is 3.36. The Kier molecular flexibility index (Phi) is 3.11. The monoisotopic (exact) mass is 299 g/mol. The number of carbonyl (C=O) groups is 1. The molecule has 2 fully saturated rings. The van der Waals surface area contributed by atoms with Gasteiger partial charge in [0.25, 0.3) is 0 Å². The lowest BCUT2D eigenvalue weighted by Crippen LogP contribution is -2.38. The van der Waals surface area contributed by atoms with Gasteiger partial charge < -0.3 is 10.2 Å².